The number of fused-ring (bicyclic) bond motifs is 1. The zero-order valence-electron chi connectivity index (χ0n) is 11.8. The van der Waals surface area contributed by atoms with Crippen molar-refractivity contribution in [2.24, 2.45) is 0 Å². The van der Waals surface area contributed by atoms with Crippen molar-refractivity contribution in [3.05, 3.63) is 51.2 Å². The first-order valence-electron chi connectivity index (χ1n) is 6.41. The maximum Gasteiger partial charge on any atom is 0.338 e. The summed E-state index contributed by atoms with van der Waals surface area (Å²) >= 11 is 2.12. The topological polar surface area (TPSA) is 57.0 Å². The van der Waals surface area contributed by atoms with E-state index in [-0.39, 0.29) is 0 Å². The van der Waals surface area contributed by atoms with E-state index in [1.54, 1.807) is 16.8 Å². The van der Waals surface area contributed by atoms with Gasteiger partial charge >= 0.3 is 5.97 Å². The molecule has 2 aromatic heterocycles. The van der Waals surface area contributed by atoms with E-state index in [2.05, 4.69) is 32.7 Å². The number of aromatic nitrogens is 3. The first-order chi connectivity index (χ1) is 10.5. The lowest BCUT2D eigenvalue weighted by atomic mass is 10.1. The molecule has 0 saturated heterocycles. The molecule has 0 aliphatic heterocycles. The molecule has 0 spiro atoms. The Hall–Kier alpha value is -2.03. The second-order valence-corrected chi connectivity index (χ2v) is 5.69. The van der Waals surface area contributed by atoms with Gasteiger partial charge in [-0.2, -0.15) is 9.49 Å². The van der Waals surface area contributed by atoms with Crippen molar-refractivity contribution < 1.29 is 13.9 Å². The molecule has 7 heteroatoms. The lowest BCUT2D eigenvalue weighted by Gasteiger charge is -2.08. The Labute approximate surface area is 139 Å². The number of esters is 1. The van der Waals surface area contributed by atoms with Gasteiger partial charge in [0.05, 0.1) is 30.1 Å². The molecule has 0 aliphatic rings. The Kier molecular flexibility index (Phi) is 3.81. The number of pyridine rings is 1. The summed E-state index contributed by atoms with van der Waals surface area (Å²) < 4.78 is 20.3. The molecule has 3 aromatic rings. The monoisotopic (exact) mass is 411 g/mol. The van der Waals surface area contributed by atoms with Crippen molar-refractivity contribution >= 4 is 39.5 Å². The van der Waals surface area contributed by atoms with Gasteiger partial charge in [-0.05, 0) is 59.3 Å². The summed E-state index contributed by atoms with van der Waals surface area (Å²) in [5.74, 6) is -0.957. The molecule has 2 heterocycles. The molecular weight excluding hydrogens is 400 g/mol. The highest BCUT2D eigenvalue weighted by Gasteiger charge is 2.18. The minimum atomic E-state index is -0.554. The molecule has 5 nitrogen and oxygen atoms in total. The van der Waals surface area contributed by atoms with E-state index in [0.29, 0.717) is 11.3 Å². The zero-order valence-corrected chi connectivity index (χ0v) is 14.0. The number of benzene rings is 1. The van der Waals surface area contributed by atoms with Gasteiger partial charge in [-0.15, -0.1) is 0 Å². The number of carbonyl (C=O) groups excluding carboxylic acids is 1. The summed E-state index contributed by atoms with van der Waals surface area (Å²) in [5.41, 5.74) is 2.63. The van der Waals surface area contributed by atoms with E-state index >= 15 is 0 Å². The van der Waals surface area contributed by atoms with E-state index in [4.69, 9.17) is 4.74 Å². The SMILES string of the molecule is COC(=O)c1ccc2c(I)nn(-c3ccc(F)nc3)c2c1C. The van der Waals surface area contributed by atoms with Crippen LogP contribution in [0, 0.1) is 16.6 Å². The van der Waals surface area contributed by atoms with Crippen LogP contribution in [0.3, 0.4) is 0 Å². The third kappa shape index (κ3) is 2.35. The van der Waals surface area contributed by atoms with Gasteiger partial charge in [-0.1, -0.05) is 0 Å². The summed E-state index contributed by atoms with van der Waals surface area (Å²) in [7, 11) is 1.34. The van der Waals surface area contributed by atoms with Crippen LogP contribution < -0.4 is 0 Å². The average Bonchev–Trinajstić information content (AvgIpc) is 2.86. The standard InChI is InChI=1S/C15H11FIN3O2/c1-8-10(15(21)22-2)4-5-11-13(8)20(19-14(11)17)9-3-6-12(16)18-7-9/h3-7H,1-2H3. The van der Waals surface area contributed by atoms with Gasteiger partial charge in [0.15, 0.2) is 0 Å². The van der Waals surface area contributed by atoms with Gasteiger partial charge in [0.25, 0.3) is 0 Å². The predicted octanol–water partition coefficient (Wildman–Crippen LogP) is 3.26. The first-order valence-corrected chi connectivity index (χ1v) is 7.49. The maximum absolute atomic E-state index is 13.0. The second-order valence-electron chi connectivity index (χ2n) is 4.67. The fraction of sp³-hybridized carbons (Fsp3) is 0.133. The van der Waals surface area contributed by atoms with Crippen LogP contribution in [0.2, 0.25) is 0 Å². The van der Waals surface area contributed by atoms with Crippen LogP contribution >= 0.6 is 22.6 Å². The Balaban J connectivity index is 2.31. The number of rotatable bonds is 2. The molecule has 0 fully saturated rings. The number of ether oxygens (including phenoxy) is 1. The Morgan fingerprint density at radius 3 is 2.73 bits per heavy atom. The highest BCUT2D eigenvalue weighted by molar-refractivity contribution is 14.1. The predicted molar refractivity (Wildman–Crippen MR) is 87.6 cm³/mol. The molecule has 0 unspecified atom stereocenters. The van der Waals surface area contributed by atoms with Crippen molar-refractivity contribution in [2.75, 3.05) is 7.11 Å². The summed E-state index contributed by atoms with van der Waals surface area (Å²) in [6, 6.07) is 6.42. The number of carbonyl (C=O) groups is 1. The van der Waals surface area contributed by atoms with E-state index in [1.165, 1.54) is 19.4 Å². The van der Waals surface area contributed by atoms with Gasteiger partial charge in [-0.3, -0.25) is 0 Å². The Bertz CT molecular complexity index is 875. The van der Waals surface area contributed by atoms with E-state index < -0.39 is 11.9 Å². The molecule has 0 radical (unpaired) electrons. The summed E-state index contributed by atoms with van der Waals surface area (Å²) in [4.78, 5) is 15.5. The quantitative estimate of drug-likeness (QED) is 0.369. The van der Waals surface area contributed by atoms with Crippen molar-refractivity contribution in [2.45, 2.75) is 6.92 Å². The number of aryl methyl sites for hydroxylation is 1. The summed E-state index contributed by atoms with van der Waals surface area (Å²) in [6.07, 6.45) is 1.40. The van der Waals surface area contributed by atoms with Crippen LogP contribution in [0.15, 0.2) is 30.5 Å². The fourth-order valence-electron chi connectivity index (χ4n) is 2.34. The van der Waals surface area contributed by atoms with Gasteiger partial charge in [0.1, 0.15) is 3.70 Å². The molecule has 0 atom stereocenters. The Morgan fingerprint density at radius 1 is 1.32 bits per heavy atom. The van der Waals surface area contributed by atoms with Gasteiger partial charge in [0, 0.05) is 5.39 Å². The number of methoxy groups -OCH3 is 1. The molecule has 1 aromatic carbocycles. The third-order valence-electron chi connectivity index (χ3n) is 3.41. The molecule has 0 bridgehead atoms. The minimum Gasteiger partial charge on any atom is -0.465 e. The normalized spacial score (nSPS) is 10.9. The number of halogens is 2. The number of hydrogen-bond acceptors (Lipinski definition) is 4. The van der Waals surface area contributed by atoms with E-state index in [0.717, 1.165) is 20.2 Å². The largest absolute Gasteiger partial charge is 0.465 e. The number of nitrogens with zero attached hydrogens (tertiary/aromatic N) is 3. The Morgan fingerprint density at radius 2 is 2.09 bits per heavy atom. The molecule has 3 rings (SSSR count). The lowest BCUT2D eigenvalue weighted by molar-refractivity contribution is 0.0600. The van der Waals surface area contributed by atoms with Crippen LogP contribution in [0.25, 0.3) is 16.6 Å². The average molecular weight is 411 g/mol. The highest BCUT2D eigenvalue weighted by Crippen LogP contribution is 2.28. The van der Waals surface area contributed by atoms with Crippen molar-refractivity contribution in [1.82, 2.24) is 14.8 Å². The lowest BCUT2D eigenvalue weighted by Crippen LogP contribution is -2.06. The molecule has 0 aliphatic carbocycles. The zero-order chi connectivity index (χ0) is 15.9. The van der Waals surface area contributed by atoms with Crippen LogP contribution in [0.1, 0.15) is 15.9 Å². The fourth-order valence-corrected chi connectivity index (χ4v) is 2.99. The van der Waals surface area contributed by atoms with Gasteiger partial charge in [-0.25, -0.2) is 14.5 Å². The highest BCUT2D eigenvalue weighted by atomic mass is 127. The summed E-state index contributed by atoms with van der Waals surface area (Å²) in [6.45, 7) is 1.83. The first kappa shape index (κ1) is 14.9. The van der Waals surface area contributed by atoms with Crippen LogP contribution in [0.5, 0.6) is 0 Å². The molecule has 0 saturated carbocycles. The maximum atomic E-state index is 13.0. The minimum absolute atomic E-state index is 0.403. The molecule has 0 amide bonds. The molecule has 22 heavy (non-hydrogen) atoms. The molecule has 0 N–H and O–H groups in total. The van der Waals surface area contributed by atoms with E-state index in [1.807, 2.05) is 13.0 Å². The van der Waals surface area contributed by atoms with Crippen molar-refractivity contribution in [3.63, 3.8) is 0 Å². The third-order valence-corrected chi connectivity index (χ3v) is 4.21. The number of hydrogen-bond donors (Lipinski definition) is 0. The van der Waals surface area contributed by atoms with Crippen LogP contribution in [-0.4, -0.2) is 27.8 Å². The second kappa shape index (κ2) is 5.64. The van der Waals surface area contributed by atoms with Gasteiger partial charge in [0.2, 0.25) is 5.95 Å². The van der Waals surface area contributed by atoms with E-state index in [9.17, 15) is 9.18 Å². The van der Waals surface area contributed by atoms with Crippen LogP contribution in [0.4, 0.5) is 4.39 Å². The van der Waals surface area contributed by atoms with Crippen molar-refractivity contribution in [3.8, 4) is 5.69 Å². The molecule has 112 valence electrons. The molecular formula is C15H11FIN3O2. The van der Waals surface area contributed by atoms with Gasteiger partial charge < -0.3 is 4.74 Å². The van der Waals surface area contributed by atoms with Crippen LogP contribution in [-0.2, 0) is 4.74 Å². The smallest absolute Gasteiger partial charge is 0.338 e. The summed E-state index contributed by atoms with van der Waals surface area (Å²) in [5, 5.41) is 5.38. The van der Waals surface area contributed by atoms with Crippen molar-refractivity contribution in [1.29, 1.82) is 0 Å².